The highest BCUT2D eigenvalue weighted by molar-refractivity contribution is 7.87. The van der Waals surface area contributed by atoms with Gasteiger partial charge in [0.25, 0.3) is 10.2 Å². The van der Waals surface area contributed by atoms with Gasteiger partial charge in [-0.3, -0.25) is 0 Å². The second-order valence-corrected chi connectivity index (χ2v) is 11.6. The zero-order valence-corrected chi connectivity index (χ0v) is 23.2. The normalized spacial score (nSPS) is 13.6. The third-order valence-corrected chi connectivity index (χ3v) is 7.17. The first-order chi connectivity index (χ1) is 17.5. The maximum absolute atomic E-state index is 12.1. The van der Waals surface area contributed by atoms with E-state index >= 15 is 0 Å². The van der Waals surface area contributed by atoms with E-state index in [1.54, 1.807) is 6.20 Å². The average Bonchev–Trinajstić information content (AvgIpc) is 3.62. The standard InChI is InChI=1S/C26H33ClN6O3S/c1-15(2)36-24-17(4)11-21(12-18(24)5)30-26-28-14-22(27)25(32-26)31-23-9-6-19(10-16(23)3)13-29-37(34,35)33-20-7-8-20/h6,9-12,14-15,20,29,33H,7-8,13H2,1-5H3,(H2,28,30,31,32). The van der Waals surface area contributed by atoms with Crippen LogP contribution in [-0.2, 0) is 16.8 Å². The zero-order chi connectivity index (χ0) is 26.7. The lowest BCUT2D eigenvalue weighted by molar-refractivity contribution is 0.239. The van der Waals surface area contributed by atoms with Crippen LogP contribution in [0, 0.1) is 20.8 Å². The second kappa shape index (κ2) is 11.2. The molecule has 0 radical (unpaired) electrons. The van der Waals surface area contributed by atoms with Crippen molar-refractivity contribution in [2.24, 2.45) is 0 Å². The van der Waals surface area contributed by atoms with Crippen LogP contribution in [0.25, 0.3) is 0 Å². The number of rotatable bonds is 11. The first-order valence-electron chi connectivity index (χ1n) is 12.2. The fourth-order valence-corrected chi connectivity index (χ4v) is 5.09. The van der Waals surface area contributed by atoms with Crippen LogP contribution in [0.2, 0.25) is 5.02 Å². The maximum Gasteiger partial charge on any atom is 0.277 e. The van der Waals surface area contributed by atoms with Crippen molar-refractivity contribution in [3.8, 4) is 5.75 Å². The molecule has 9 nitrogen and oxygen atoms in total. The molecule has 0 unspecified atom stereocenters. The number of aryl methyl sites for hydroxylation is 3. The molecule has 4 N–H and O–H groups in total. The van der Waals surface area contributed by atoms with Crippen LogP contribution < -0.4 is 24.8 Å². The van der Waals surface area contributed by atoms with Crippen LogP contribution in [0.15, 0.2) is 36.5 Å². The number of nitrogens with one attached hydrogen (secondary N) is 4. The molecule has 198 valence electrons. The lowest BCUT2D eigenvalue weighted by Gasteiger charge is -2.17. The summed E-state index contributed by atoms with van der Waals surface area (Å²) in [5.41, 5.74) is 5.45. The summed E-state index contributed by atoms with van der Waals surface area (Å²) in [6.45, 7) is 10.2. The molecule has 1 saturated carbocycles. The van der Waals surface area contributed by atoms with Gasteiger partial charge in [-0.15, -0.1) is 0 Å². The van der Waals surface area contributed by atoms with E-state index in [9.17, 15) is 8.42 Å². The number of nitrogens with zero attached hydrogens (tertiary/aromatic N) is 2. The Hall–Kier alpha value is -2.92. The first-order valence-corrected chi connectivity index (χ1v) is 14.1. The molecule has 0 spiro atoms. The molecule has 0 atom stereocenters. The number of hydrogen-bond donors (Lipinski definition) is 4. The third-order valence-electron chi connectivity index (χ3n) is 5.72. The minimum atomic E-state index is -3.50. The summed E-state index contributed by atoms with van der Waals surface area (Å²) >= 11 is 6.38. The first kappa shape index (κ1) is 27.1. The Labute approximate surface area is 223 Å². The van der Waals surface area contributed by atoms with Crippen LogP contribution in [-0.4, -0.2) is 30.5 Å². The van der Waals surface area contributed by atoms with Gasteiger partial charge in [-0.05, 0) is 87.9 Å². The summed E-state index contributed by atoms with van der Waals surface area (Å²) in [7, 11) is -3.50. The van der Waals surface area contributed by atoms with Crippen LogP contribution in [0.3, 0.4) is 0 Å². The van der Waals surface area contributed by atoms with Crippen molar-refractivity contribution in [2.45, 2.75) is 66.2 Å². The fraction of sp³-hybridized carbons (Fsp3) is 0.385. The van der Waals surface area contributed by atoms with Crippen LogP contribution in [0.4, 0.5) is 23.1 Å². The third kappa shape index (κ3) is 7.54. The van der Waals surface area contributed by atoms with E-state index in [4.69, 9.17) is 16.3 Å². The van der Waals surface area contributed by atoms with E-state index < -0.39 is 10.2 Å². The zero-order valence-electron chi connectivity index (χ0n) is 21.6. The highest BCUT2D eigenvalue weighted by atomic mass is 35.5. The highest BCUT2D eigenvalue weighted by Crippen LogP contribution is 2.31. The number of aromatic nitrogens is 2. The Balaban J connectivity index is 1.45. The summed E-state index contributed by atoms with van der Waals surface area (Å²) < 4.78 is 35.3. The summed E-state index contributed by atoms with van der Waals surface area (Å²) in [6, 6.07) is 9.70. The maximum atomic E-state index is 12.1. The van der Waals surface area contributed by atoms with Crippen molar-refractivity contribution < 1.29 is 13.2 Å². The molecule has 1 aliphatic carbocycles. The summed E-state index contributed by atoms with van der Waals surface area (Å²) in [5.74, 6) is 1.73. The van der Waals surface area contributed by atoms with Gasteiger partial charge in [-0.1, -0.05) is 23.7 Å². The minimum Gasteiger partial charge on any atom is -0.490 e. The molecule has 1 fully saturated rings. The number of benzene rings is 2. The lowest BCUT2D eigenvalue weighted by atomic mass is 10.1. The van der Waals surface area contributed by atoms with Crippen molar-refractivity contribution >= 4 is 45.0 Å². The number of ether oxygens (including phenoxy) is 1. The predicted octanol–water partition coefficient (Wildman–Crippen LogP) is 5.42. The Bertz CT molecular complexity index is 1370. The molecule has 0 bridgehead atoms. The molecule has 1 aromatic heterocycles. The molecule has 4 rings (SSSR count). The summed E-state index contributed by atoms with van der Waals surface area (Å²) in [5, 5.41) is 6.88. The molecular weight excluding hydrogens is 512 g/mol. The quantitative estimate of drug-likeness (QED) is 0.255. The largest absolute Gasteiger partial charge is 0.490 e. The topological polar surface area (TPSA) is 117 Å². The van der Waals surface area contributed by atoms with Gasteiger partial charge in [-0.2, -0.15) is 22.8 Å². The van der Waals surface area contributed by atoms with Gasteiger partial charge in [0.2, 0.25) is 5.95 Å². The molecule has 11 heteroatoms. The van der Waals surface area contributed by atoms with Crippen molar-refractivity contribution in [1.82, 2.24) is 19.4 Å². The van der Waals surface area contributed by atoms with E-state index in [1.807, 2.05) is 65.0 Å². The highest BCUT2D eigenvalue weighted by Gasteiger charge is 2.26. The van der Waals surface area contributed by atoms with Gasteiger partial charge in [-0.25, -0.2) is 4.98 Å². The van der Waals surface area contributed by atoms with Crippen molar-refractivity contribution in [2.75, 3.05) is 10.6 Å². The molecule has 1 heterocycles. The second-order valence-electron chi connectivity index (χ2n) is 9.61. The van der Waals surface area contributed by atoms with E-state index in [0.717, 1.165) is 52.2 Å². The van der Waals surface area contributed by atoms with E-state index in [0.29, 0.717) is 16.8 Å². The lowest BCUT2D eigenvalue weighted by Crippen LogP contribution is -2.37. The number of anilines is 4. The predicted molar refractivity (Wildman–Crippen MR) is 148 cm³/mol. The molecule has 2 aromatic carbocycles. The number of hydrogen-bond acceptors (Lipinski definition) is 7. The van der Waals surface area contributed by atoms with Crippen molar-refractivity contribution in [3.05, 3.63) is 63.8 Å². The van der Waals surface area contributed by atoms with Crippen molar-refractivity contribution in [1.29, 1.82) is 0 Å². The Morgan fingerprint density at radius 3 is 2.38 bits per heavy atom. The Morgan fingerprint density at radius 2 is 1.76 bits per heavy atom. The van der Waals surface area contributed by atoms with E-state index in [2.05, 4.69) is 30.0 Å². The molecule has 0 aliphatic heterocycles. The molecule has 0 saturated heterocycles. The van der Waals surface area contributed by atoms with Gasteiger partial charge < -0.3 is 15.4 Å². The van der Waals surface area contributed by atoms with E-state index in [1.165, 1.54) is 0 Å². The van der Waals surface area contributed by atoms with Crippen molar-refractivity contribution in [3.63, 3.8) is 0 Å². The van der Waals surface area contributed by atoms with E-state index in [-0.39, 0.29) is 18.7 Å². The minimum absolute atomic E-state index is 0.0640. The molecule has 3 aromatic rings. The monoisotopic (exact) mass is 544 g/mol. The van der Waals surface area contributed by atoms with Gasteiger partial charge in [0.05, 0.1) is 12.3 Å². The van der Waals surface area contributed by atoms with Gasteiger partial charge in [0.15, 0.2) is 5.82 Å². The van der Waals surface area contributed by atoms with Gasteiger partial charge >= 0.3 is 0 Å². The van der Waals surface area contributed by atoms with Crippen LogP contribution >= 0.6 is 11.6 Å². The van der Waals surface area contributed by atoms with Crippen LogP contribution in [0.5, 0.6) is 5.75 Å². The summed E-state index contributed by atoms with van der Waals surface area (Å²) in [6.07, 6.45) is 3.42. The molecule has 37 heavy (non-hydrogen) atoms. The summed E-state index contributed by atoms with van der Waals surface area (Å²) in [4.78, 5) is 8.88. The average molecular weight is 545 g/mol. The van der Waals surface area contributed by atoms with Crippen LogP contribution in [0.1, 0.15) is 48.9 Å². The van der Waals surface area contributed by atoms with Gasteiger partial charge in [0.1, 0.15) is 10.8 Å². The Kier molecular flexibility index (Phi) is 8.23. The molecular formula is C26H33ClN6O3S. The number of halogens is 1. The SMILES string of the molecule is Cc1cc(CNS(=O)(=O)NC2CC2)ccc1Nc1nc(Nc2cc(C)c(OC(C)C)c(C)c2)ncc1Cl. The molecule has 1 aliphatic rings. The fourth-order valence-electron chi connectivity index (χ4n) is 3.83. The Morgan fingerprint density at radius 1 is 1.05 bits per heavy atom. The smallest absolute Gasteiger partial charge is 0.277 e. The molecule has 0 amide bonds. The van der Waals surface area contributed by atoms with Gasteiger partial charge in [0, 0.05) is 24.0 Å².